The number of ketones is 1. The summed E-state index contributed by atoms with van der Waals surface area (Å²) in [6.07, 6.45) is 5.77. The van der Waals surface area contributed by atoms with E-state index in [1.54, 1.807) is 6.92 Å². The second-order valence-corrected chi connectivity index (χ2v) is 5.13. The van der Waals surface area contributed by atoms with Gasteiger partial charge < -0.3 is 5.11 Å². The molecule has 0 aliphatic heterocycles. The number of Topliss-reactive ketones (excluding diaryl/α,β-unsaturated/α-hetero) is 1. The van der Waals surface area contributed by atoms with Gasteiger partial charge in [0.05, 0.1) is 6.61 Å². The first kappa shape index (κ1) is 12.3. The molecule has 1 aromatic rings. The van der Waals surface area contributed by atoms with Gasteiger partial charge >= 0.3 is 0 Å². The minimum Gasteiger partial charge on any atom is -0.395 e. The molecule has 1 aromatic carbocycles. The molecule has 0 spiro atoms. The Morgan fingerprint density at radius 3 is 2.24 bits per heavy atom. The first-order chi connectivity index (χ1) is 8.18. The van der Waals surface area contributed by atoms with E-state index in [1.165, 1.54) is 24.8 Å². The fourth-order valence-electron chi connectivity index (χ4n) is 2.83. The molecule has 0 unspecified atom stereocenters. The van der Waals surface area contributed by atoms with Crippen LogP contribution in [-0.4, -0.2) is 17.5 Å². The maximum atomic E-state index is 11.2. The molecule has 1 saturated carbocycles. The molecule has 0 radical (unpaired) electrons. The fraction of sp³-hybridized carbons (Fsp3) is 0.533. The lowest BCUT2D eigenvalue weighted by molar-refractivity contribution is 0.101. The van der Waals surface area contributed by atoms with Crippen LogP contribution in [0.4, 0.5) is 0 Å². The lowest BCUT2D eigenvalue weighted by Crippen LogP contribution is -2.33. The van der Waals surface area contributed by atoms with Crippen molar-refractivity contribution in [2.45, 2.75) is 44.4 Å². The molecule has 2 nitrogen and oxygen atoms in total. The average Bonchev–Trinajstić information content (AvgIpc) is 2.39. The van der Waals surface area contributed by atoms with Crippen molar-refractivity contribution in [1.82, 2.24) is 0 Å². The molecule has 0 atom stereocenters. The van der Waals surface area contributed by atoms with Crippen LogP contribution in [0.5, 0.6) is 0 Å². The van der Waals surface area contributed by atoms with Crippen LogP contribution in [0, 0.1) is 0 Å². The van der Waals surface area contributed by atoms with Crippen molar-refractivity contribution in [3.63, 3.8) is 0 Å². The maximum absolute atomic E-state index is 11.2. The lowest BCUT2D eigenvalue weighted by atomic mass is 9.70. The van der Waals surface area contributed by atoms with Crippen molar-refractivity contribution >= 4 is 5.78 Å². The maximum Gasteiger partial charge on any atom is 0.159 e. The van der Waals surface area contributed by atoms with Gasteiger partial charge in [-0.25, -0.2) is 0 Å². The number of carbonyl (C=O) groups excluding carboxylic acids is 1. The summed E-state index contributed by atoms with van der Waals surface area (Å²) < 4.78 is 0. The number of carbonyl (C=O) groups is 1. The smallest absolute Gasteiger partial charge is 0.159 e. The molecule has 0 amide bonds. The molecular weight excluding hydrogens is 212 g/mol. The predicted molar refractivity (Wildman–Crippen MR) is 68.3 cm³/mol. The molecule has 0 heterocycles. The molecule has 1 aliphatic carbocycles. The third-order valence-corrected chi connectivity index (χ3v) is 4.02. The summed E-state index contributed by atoms with van der Waals surface area (Å²) in [6.45, 7) is 1.80. The molecule has 0 saturated heterocycles. The van der Waals surface area contributed by atoms with E-state index in [-0.39, 0.29) is 17.8 Å². The first-order valence-electron chi connectivity index (χ1n) is 6.40. The Kier molecular flexibility index (Phi) is 3.63. The topological polar surface area (TPSA) is 37.3 Å². The van der Waals surface area contributed by atoms with Gasteiger partial charge in [0.1, 0.15) is 0 Å². The standard InChI is InChI=1S/C15H20O2/c1-12(17)13-5-7-14(8-6-13)15(11-16)9-3-2-4-10-15/h5-8,16H,2-4,9-11H2,1H3. The molecular formula is C15H20O2. The number of hydrogen-bond donors (Lipinski definition) is 1. The van der Waals surface area contributed by atoms with Gasteiger partial charge in [-0.1, -0.05) is 43.5 Å². The minimum atomic E-state index is -0.0619. The van der Waals surface area contributed by atoms with Crippen LogP contribution in [-0.2, 0) is 5.41 Å². The van der Waals surface area contributed by atoms with Crippen LogP contribution >= 0.6 is 0 Å². The largest absolute Gasteiger partial charge is 0.395 e. The van der Waals surface area contributed by atoms with Gasteiger partial charge in [-0.05, 0) is 25.3 Å². The van der Waals surface area contributed by atoms with Crippen LogP contribution in [0.1, 0.15) is 54.9 Å². The Hall–Kier alpha value is -1.15. The average molecular weight is 232 g/mol. The molecule has 1 N–H and O–H groups in total. The third-order valence-electron chi connectivity index (χ3n) is 4.02. The summed E-state index contributed by atoms with van der Waals surface area (Å²) in [5.41, 5.74) is 1.87. The van der Waals surface area contributed by atoms with Crippen LogP contribution < -0.4 is 0 Å². The zero-order chi connectivity index (χ0) is 12.3. The van der Waals surface area contributed by atoms with Gasteiger partial charge in [-0.2, -0.15) is 0 Å². The number of rotatable bonds is 3. The van der Waals surface area contributed by atoms with Gasteiger partial charge in [0, 0.05) is 11.0 Å². The van der Waals surface area contributed by atoms with E-state index >= 15 is 0 Å². The van der Waals surface area contributed by atoms with Gasteiger partial charge in [0.15, 0.2) is 5.78 Å². The molecule has 92 valence electrons. The van der Waals surface area contributed by atoms with Gasteiger partial charge in [-0.15, -0.1) is 0 Å². The number of aliphatic hydroxyl groups is 1. The number of benzene rings is 1. The monoisotopic (exact) mass is 232 g/mol. The molecule has 1 aliphatic rings. The normalized spacial score (nSPS) is 18.9. The van der Waals surface area contributed by atoms with E-state index < -0.39 is 0 Å². The van der Waals surface area contributed by atoms with E-state index in [1.807, 2.05) is 24.3 Å². The predicted octanol–water partition coefficient (Wildman–Crippen LogP) is 3.08. The van der Waals surface area contributed by atoms with E-state index in [4.69, 9.17) is 0 Å². The highest BCUT2D eigenvalue weighted by Crippen LogP contribution is 2.39. The van der Waals surface area contributed by atoms with Crippen molar-refractivity contribution in [2.24, 2.45) is 0 Å². The van der Waals surface area contributed by atoms with E-state index in [0.29, 0.717) is 0 Å². The Bertz CT molecular complexity index is 386. The van der Waals surface area contributed by atoms with Crippen LogP contribution in [0.3, 0.4) is 0 Å². The van der Waals surface area contributed by atoms with Crippen molar-refractivity contribution in [2.75, 3.05) is 6.61 Å². The van der Waals surface area contributed by atoms with E-state index in [0.717, 1.165) is 18.4 Å². The Morgan fingerprint density at radius 1 is 1.18 bits per heavy atom. The van der Waals surface area contributed by atoms with E-state index in [2.05, 4.69) is 0 Å². The Balaban J connectivity index is 2.27. The first-order valence-corrected chi connectivity index (χ1v) is 6.40. The highest BCUT2D eigenvalue weighted by atomic mass is 16.3. The minimum absolute atomic E-state index is 0.0619. The van der Waals surface area contributed by atoms with Crippen molar-refractivity contribution < 1.29 is 9.90 Å². The van der Waals surface area contributed by atoms with E-state index in [9.17, 15) is 9.90 Å². The molecule has 2 rings (SSSR count). The third kappa shape index (κ3) is 2.42. The fourth-order valence-corrected chi connectivity index (χ4v) is 2.83. The molecule has 2 heteroatoms. The van der Waals surface area contributed by atoms with Crippen LogP contribution in [0.15, 0.2) is 24.3 Å². The molecule has 1 fully saturated rings. The second kappa shape index (κ2) is 5.01. The summed E-state index contributed by atoms with van der Waals surface area (Å²) >= 11 is 0. The van der Waals surface area contributed by atoms with Crippen molar-refractivity contribution in [3.8, 4) is 0 Å². The molecule has 0 bridgehead atoms. The zero-order valence-electron chi connectivity index (χ0n) is 10.4. The highest BCUT2D eigenvalue weighted by molar-refractivity contribution is 5.94. The van der Waals surface area contributed by atoms with Crippen molar-refractivity contribution in [3.05, 3.63) is 35.4 Å². The lowest BCUT2D eigenvalue weighted by Gasteiger charge is -2.36. The summed E-state index contributed by atoms with van der Waals surface area (Å²) in [4.78, 5) is 11.2. The number of hydrogen-bond acceptors (Lipinski definition) is 2. The van der Waals surface area contributed by atoms with Gasteiger partial charge in [0.25, 0.3) is 0 Å². The van der Waals surface area contributed by atoms with Crippen LogP contribution in [0.25, 0.3) is 0 Å². The summed E-state index contributed by atoms with van der Waals surface area (Å²) in [6, 6.07) is 7.78. The SMILES string of the molecule is CC(=O)c1ccc(C2(CO)CCCCC2)cc1. The van der Waals surface area contributed by atoms with Crippen LogP contribution in [0.2, 0.25) is 0 Å². The second-order valence-electron chi connectivity index (χ2n) is 5.13. The highest BCUT2D eigenvalue weighted by Gasteiger charge is 2.33. The Morgan fingerprint density at radius 2 is 1.76 bits per heavy atom. The van der Waals surface area contributed by atoms with Crippen molar-refractivity contribution in [1.29, 1.82) is 0 Å². The summed E-state index contributed by atoms with van der Waals surface area (Å²) in [5, 5.41) is 9.71. The molecule has 17 heavy (non-hydrogen) atoms. The Labute approximate surface area is 103 Å². The quantitative estimate of drug-likeness (QED) is 0.813. The summed E-state index contributed by atoms with van der Waals surface area (Å²) in [7, 11) is 0. The zero-order valence-corrected chi connectivity index (χ0v) is 10.4. The van der Waals surface area contributed by atoms with Gasteiger partial charge in [0.2, 0.25) is 0 Å². The number of aliphatic hydroxyl groups excluding tert-OH is 1. The molecule has 0 aromatic heterocycles. The summed E-state index contributed by atoms with van der Waals surface area (Å²) in [5.74, 6) is 0.0956. The van der Waals surface area contributed by atoms with Gasteiger partial charge in [-0.3, -0.25) is 4.79 Å².